The van der Waals surface area contributed by atoms with Gasteiger partial charge in [0.15, 0.2) is 0 Å². The Labute approximate surface area is 155 Å². The minimum atomic E-state index is -0.113. The fourth-order valence-corrected chi connectivity index (χ4v) is 3.00. The molecule has 0 amide bonds. The minimum Gasteiger partial charge on any atom is -0.206 e. The van der Waals surface area contributed by atoms with Crippen molar-refractivity contribution in [1.29, 1.82) is 0 Å². The van der Waals surface area contributed by atoms with E-state index in [4.69, 9.17) is 0 Å². The molecule has 3 aromatic carbocycles. The van der Waals surface area contributed by atoms with E-state index in [0.717, 1.165) is 34.9 Å². The zero-order valence-electron chi connectivity index (χ0n) is 15.4. The lowest BCUT2D eigenvalue weighted by Crippen LogP contribution is -1.89. The molecule has 0 unspecified atom stereocenters. The summed E-state index contributed by atoms with van der Waals surface area (Å²) in [6.45, 7) is 4.01. The Morgan fingerprint density at radius 3 is 2.38 bits per heavy atom. The number of rotatable bonds is 4. The second-order valence-corrected chi connectivity index (χ2v) is 6.38. The van der Waals surface area contributed by atoms with E-state index in [2.05, 4.69) is 48.3 Å². The first kappa shape index (κ1) is 18.0. The van der Waals surface area contributed by atoms with Crippen molar-refractivity contribution in [2.75, 3.05) is 0 Å². The van der Waals surface area contributed by atoms with Gasteiger partial charge in [-0.15, -0.1) is 0 Å². The molecule has 26 heavy (non-hydrogen) atoms. The summed E-state index contributed by atoms with van der Waals surface area (Å²) in [5.74, 6) is 6.28. The lowest BCUT2D eigenvalue weighted by Gasteiger charge is -2.05. The molecule has 3 rings (SSSR count). The van der Waals surface area contributed by atoms with Crippen molar-refractivity contribution in [2.24, 2.45) is 0 Å². The highest BCUT2D eigenvalue weighted by Crippen LogP contribution is 2.22. The maximum absolute atomic E-state index is 14.4. The minimum absolute atomic E-state index is 0.113. The topological polar surface area (TPSA) is 0 Å². The molecule has 3 aromatic rings. The lowest BCUT2D eigenvalue weighted by molar-refractivity contribution is 0.624. The zero-order chi connectivity index (χ0) is 18.4. The number of benzene rings is 3. The van der Waals surface area contributed by atoms with Crippen molar-refractivity contribution in [3.8, 4) is 11.8 Å². The van der Waals surface area contributed by atoms with Gasteiger partial charge in [0.1, 0.15) is 5.82 Å². The molecular formula is C25H23F. The molecule has 0 heterocycles. The molecule has 0 atom stereocenters. The number of halogens is 1. The van der Waals surface area contributed by atoms with Gasteiger partial charge in [0, 0.05) is 16.5 Å². The van der Waals surface area contributed by atoms with Crippen LogP contribution in [0, 0.1) is 17.7 Å². The summed E-state index contributed by atoms with van der Waals surface area (Å²) in [6.07, 6.45) is 7.08. The molecule has 0 spiro atoms. The SMILES string of the molecule is C/C=C/CCc1ccc(C#Cc2ccc3c(F)c(CC)ccc3c2)cc1. The Morgan fingerprint density at radius 2 is 1.65 bits per heavy atom. The molecule has 0 saturated carbocycles. The van der Waals surface area contributed by atoms with Crippen LogP contribution >= 0.6 is 0 Å². The molecule has 0 saturated heterocycles. The molecule has 130 valence electrons. The van der Waals surface area contributed by atoms with E-state index in [1.54, 1.807) is 0 Å². The van der Waals surface area contributed by atoms with Gasteiger partial charge in [-0.3, -0.25) is 0 Å². The Bertz CT molecular complexity index is 982. The lowest BCUT2D eigenvalue weighted by atomic mass is 10.0. The van der Waals surface area contributed by atoms with Crippen LogP contribution in [0.1, 0.15) is 42.5 Å². The summed E-state index contributed by atoms with van der Waals surface area (Å²) in [6, 6.07) is 17.9. The second kappa shape index (κ2) is 8.50. The molecule has 1 heteroatoms. The first-order valence-electron chi connectivity index (χ1n) is 9.14. The first-order valence-corrected chi connectivity index (χ1v) is 9.14. The second-order valence-electron chi connectivity index (χ2n) is 6.38. The highest BCUT2D eigenvalue weighted by Gasteiger charge is 2.05. The third-order valence-electron chi connectivity index (χ3n) is 4.56. The van der Waals surface area contributed by atoms with Gasteiger partial charge in [-0.25, -0.2) is 4.39 Å². The van der Waals surface area contributed by atoms with Gasteiger partial charge in [-0.1, -0.05) is 61.2 Å². The maximum atomic E-state index is 14.4. The molecule has 0 nitrogen and oxygen atoms in total. The molecular weight excluding hydrogens is 319 g/mol. The van der Waals surface area contributed by atoms with E-state index < -0.39 is 0 Å². The van der Waals surface area contributed by atoms with Crippen molar-refractivity contribution in [2.45, 2.75) is 33.1 Å². The van der Waals surface area contributed by atoms with Crippen LogP contribution in [-0.2, 0) is 12.8 Å². The van der Waals surface area contributed by atoms with Crippen molar-refractivity contribution in [3.63, 3.8) is 0 Å². The van der Waals surface area contributed by atoms with Gasteiger partial charge >= 0.3 is 0 Å². The van der Waals surface area contributed by atoms with Gasteiger partial charge in [0.05, 0.1) is 0 Å². The molecule has 0 N–H and O–H groups in total. The third kappa shape index (κ3) is 4.21. The van der Waals surface area contributed by atoms with Crippen LogP contribution in [0.5, 0.6) is 0 Å². The molecule has 0 aliphatic rings. The van der Waals surface area contributed by atoms with Gasteiger partial charge in [0.2, 0.25) is 0 Å². The molecule has 0 aromatic heterocycles. The van der Waals surface area contributed by atoms with Crippen molar-refractivity contribution >= 4 is 10.8 Å². The molecule has 0 aliphatic carbocycles. The number of fused-ring (bicyclic) bond motifs is 1. The van der Waals surface area contributed by atoms with Crippen LogP contribution < -0.4 is 0 Å². The van der Waals surface area contributed by atoms with Crippen LogP contribution in [0.2, 0.25) is 0 Å². The normalized spacial score (nSPS) is 10.9. The van der Waals surface area contributed by atoms with Gasteiger partial charge in [0.25, 0.3) is 0 Å². The summed E-state index contributed by atoms with van der Waals surface area (Å²) in [4.78, 5) is 0. The summed E-state index contributed by atoms with van der Waals surface area (Å²) in [5, 5.41) is 1.56. The zero-order valence-corrected chi connectivity index (χ0v) is 15.4. The summed E-state index contributed by atoms with van der Waals surface area (Å²) in [7, 11) is 0. The number of allylic oxidation sites excluding steroid dienone is 2. The van der Waals surface area contributed by atoms with Crippen LogP contribution in [0.15, 0.2) is 66.7 Å². The van der Waals surface area contributed by atoms with Gasteiger partial charge in [-0.2, -0.15) is 0 Å². The van der Waals surface area contributed by atoms with Crippen molar-refractivity contribution in [3.05, 3.63) is 94.8 Å². The Morgan fingerprint density at radius 1 is 0.923 bits per heavy atom. The van der Waals surface area contributed by atoms with Crippen LogP contribution in [0.3, 0.4) is 0 Å². The third-order valence-corrected chi connectivity index (χ3v) is 4.56. The number of hydrogen-bond acceptors (Lipinski definition) is 0. The van der Waals surface area contributed by atoms with Gasteiger partial charge in [-0.05, 0) is 67.0 Å². The summed E-state index contributed by atoms with van der Waals surface area (Å²) < 4.78 is 14.4. The summed E-state index contributed by atoms with van der Waals surface area (Å²) in [5.41, 5.74) is 3.97. The van der Waals surface area contributed by atoms with E-state index >= 15 is 0 Å². The van der Waals surface area contributed by atoms with E-state index in [1.807, 2.05) is 44.2 Å². The largest absolute Gasteiger partial charge is 0.206 e. The van der Waals surface area contributed by atoms with Crippen LogP contribution in [0.25, 0.3) is 10.8 Å². The van der Waals surface area contributed by atoms with E-state index in [1.165, 1.54) is 5.56 Å². The smallest absolute Gasteiger partial charge is 0.134 e. The first-order chi connectivity index (χ1) is 12.7. The highest BCUT2D eigenvalue weighted by atomic mass is 19.1. The molecule has 0 aliphatic heterocycles. The standard InChI is InChI=1S/C25H23F/c1-3-5-6-7-19-8-10-20(11-9-19)12-13-21-14-17-24-23(18-21)16-15-22(4-2)25(24)26/h3,5,8-11,14-18H,4,6-7H2,1-2H3/b5-3+. The van der Waals surface area contributed by atoms with Crippen LogP contribution in [-0.4, -0.2) is 0 Å². The maximum Gasteiger partial charge on any atom is 0.134 e. The molecule has 0 bridgehead atoms. The predicted molar refractivity (Wildman–Crippen MR) is 109 cm³/mol. The number of aryl methyl sites for hydroxylation is 2. The monoisotopic (exact) mass is 342 g/mol. The highest BCUT2D eigenvalue weighted by molar-refractivity contribution is 5.85. The van der Waals surface area contributed by atoms with Crippen molar-refractivity contribution in [1.82, 2.24) is 0 Å². The fourth-order valence-electron chi connectivity index (χ4n) is 3.00. The van der Waals surface area contributed by atoms with E-state index in [-0.39, 0.29) is 5.82 Å². The Kier molecular flexibility index (Phi) is 5.87. The van der Waals surface area contributed by atoms with Crippen molar-refractivity contribution < 1.29 is 4.39 Å². The quantitative estimate of drug-likeness (QED) is 0.377. The number of hydrogen-bond donors (Lipinski definition) is 0. The Balaban J connectivity index is 1.79. The predicted octanol–water partition coefficient (Wildman–Crippen LogP) is 6.45. The van der Waals surface area contributed by atoms with Crippen LogP contribution in [0.4, 0.5) is 4.39 Å². The molecule has 0 fully saturated rings. The average molecular weight is 342 g/mol. The average Bonchev–Trinajstić information content (AvgIpc) is 2.68. The van der Waals surface area contributed by atoms with Gasteiger partial charge < -0.3 is 0 Å². The molecule has 0 radical (unpaired) electrons. The van der Waals surface area contributed by atoms with E-state index in [9.17, 15) is 4.39 Å². The summed E-state index contributed by atoms with van der Waals surface area (Å²) >= 11 is 0. The Hall–Kier alpha value is -2.85. The fraction of sp³-hybridized carbons (Fsp3) is 0.200. The van der Waals surface area contributed by atoms with E-state index in [0.29, 0.717) is 11.8 Å².